The van der Waals surface area contributed by atoms with Crippen LogP contribution in [0.1, 0.15) is 45.0 Å². The Labute approximate surface area is 110 Å². The van der Waals surface area contributed by atoms with E-state index in [1.165, 1.54) is 0 Å². The Balaban J connectivity index is 2.95. The van der Waals surface area contributed by atoms with E-state index in [4.69, 9.17) is 0 Å². The van der Waals surface area contributed by atoms with Crippen LogP contribution in [0.15, 0.2) is 6.07 Å². The van der Waals surface area contributed by atoms with E-state index in [2.05, 4.69) is 31.9 Å². The highest BCUT2D eigenvalue weighted by Gasteiger charge is 2.29. The zero-order chi connectivity index (χ0) is 13.6. The first-order valence-electron chi connectivity index (χ1n) is 6.92. The Morgan fingerprint density at radius 1 is 1.22 bits per heavy atom. The molecule has 0 fully saturated rings. The Hall–Kier alpha value is -0.870. The van der Waals surface area contributed by atoms with E-state index in [1.807, 2.05) is 4.68 Å². The lowest BCUT2D eigenvalue weighted by molar-refractivity contribution is 0.0449. The number of hydrogen-bond donors (Lipinski definition) is 2. The summed E-state index contributed by atoms with van der Waals surface area (Å²) < 4.78 is 1.98. The molecule has 0 spiro atoms. The lowest BCUT2D eigenvalue weighted by Gasteiger charge is -2.29. The molecule has 1 heterocycles. The van der Waals surface area contributed by atoms with Crippen molar-refractivity contribution in [3.05, 3.63) is 17.5 Å². The van der Waals surface area contributed by atoms with Crippen molar-refractivity contribution in [1.82, 2.24) is 9.78 Å². The Bertz CT molecular complexity index is 357. The Morgan fingerprint density at radius 2 is 1.89 bits per heavy atom. The molecule has 104 valence electrons. The summed E-state index contributed by atoms with van der Waals surface area (Å²) in [6.07, 6.45) is 3.39. The molecular weight excluding hydrogens is 228 g/mol. The van der Waals surface area contributed by atoms with Crippen LogP contribution in [0.4, 0.5) is 0 Å². The number of aromatic nitrogens is 2. The summed E-state index contributed by atoms with van der Waals surface area (Å²) in [5.74, 6) is 0. The largest absolute Gasteiger partial charge is 0.396 e. The van der Waals surface area contributed by atoms with E-state index in [1.54, 1.807) is 0 Å². The number of aliphatic hydroxyl groups excluding tert-OH is 2. The van der Waals surface area contributed by atoms with E-state index in [0.29, 0.717) is 6.42 Å². The molecule has 0 aliphatic rings. The summed E-state index contributed by atoms with van der Waals surface area (Å²) >= 11 is 0. The average Bonchev–Trinajstić information content (AvgIpc) is 2.80. The van der Waals surface area contributed by atoms with Gasteiger partial charge in [-0.3, -0.25) is 4.68 Å². The first kappa shape index (κ1) is 15.2. The van der Waals surface area contributed by atoms with E-state index < -0.39 is 5.41 Å². The summed E-state index contributed by atoms with van der Waals surface area (Å²) in [5, 5.41) is 23.7. The minimum Gasteiger partial charge on any atom is -0.396 e. The summed E-state index contributed by atoms with van der Waals surface area (Å²) in [6.45, 7) is 7.10. The molecule has 0 aliphatic heterocycles. The van der Waals surface area contributed by atoms with Crippen LogP contribution in [0.2, 0.25) is 0 Å². The molecule has 1 aromatic rings. The molecule has 1 aromatic heterocycles. The van der Waals surface area contributed by atoms with E-state index in [9.17, 15) is 10.2 Å². The van der Waals surface area contributed by atoms with Crippen LogP contribution in [-0.4, -0.2) is 33.2 Å². The standard InChI is InChI=1S/C14H26N2O2/c1-4-7-14(10-17,11-18)9-13-8-12(5-2)15-16(13)6-3/h8,17-18H,4-7,9-11H2,1-3H3. The van der Waals surface area contributed by atoms with Gasteiger partial charge in [-0.15, -0.1) is 0 Å². The maximum Gasteiger partial charge on any atom is 0.0624 e. The van der Waals surface area contributed by atoms with Crippen molar-refractivity contribution < 1.29 is 10.2 Å². The van der Waals surface area contributed by atoms with Crippen LogP contribution in [-0.2, 0) is 19.4 Å². The molecule has 0 saturated carbocycles. The second kappa shape index (κ2) is 6.90. The highest BCUT2D eigenvalue weighted by molar-refractivity contribution is 5.13. The summed E-state index contributed by atoms with van der Waals surface area (Å²) in [5.41, 5.74) is 1.78. The average molecular weight is 254 g/mol. The van der Waals surface area contributed by atoms with Crippen molar-refractivity contribution in [2.24, 2.45) is 5.41 Å². The second-order valence-corrected chi connectivity index (χ2v) is 5.04. The summed E-state index contributed by atoms with van der Waals surface area (Å²) in [7, 11) is 0. The first-order chi connectivity index (χ1) is 8.64. The molecule has 0 bridgehead atoms. The molecule has 0 amide bonds. The Morgan fingerprint density at radius 3 is 2.33 bits per heavy atom. The van der Waals surface area contributed by atoms with Crippen LogP contribution in [0.25, 0.3) is 0 Å². The van der Waals surface area contributed by atoms with Gasteiger partial charge in [0.2, 0.25) is 0 Å². The quantitative estimate of drug-likeness (QED) is 0.743. The molecule has 0 aliphatic carbocycles. The van der Waals surface area contributed by atoms with Gasteiger partial charge in [-0.2, -0.15) is 5.10 Å². The number of hydrogen-bond acceptors (Lipinski definition) is 3. The molecule has 0 radical (unpaired) electrons. The van der Waals surface area contributed by atoms with Crippen molar-refractivity contribution in [3.8, 4) is 0 Å². The second-order valence-electron chi connectivity index (χ2n) is 5.04. The van der Waals surface area contributed by atoms with Gasteiger partial charge in [0.1, 0.15) is 0 Å². The van der Waals surface area contributed by atoms with Crippen LogP contribution < -0.4 is 0 Å². The molecule has 18 heavy (non-hydrogen) atoms. The smallest absolute Gasteiger partial charge is 0.0624 e. The fourth-order valence-corrected chi connectivity index (χ4v) is 2.43. The van der Waals surface area contributed by atoms with Gasteiger partial charge in [-0.1, -0.05) is 20.3 Å². The van der Waals surface area contributed by atoms with Gasteiger partial charge in [0.15, 0.2) is 0 Å². The topological polar surface area (TPSA) is 58.3 Å². The lowest BCUT2D eigenvalue weighted by atomic mass is 9.80. The third kappa shape index (κ3) is 3.33. The number of aryl methyl sites for hydroxylation is 2. The van der Waals surface area contributed by atoms with Crippen LogP contribution >= 0.6 is 0 Å². The minimum atomic E-state index is -0.410. The molecule has 0 aromatic carbocycles. The van der Waals surface area contributed by atoms with E-state index in [-0.39, 0.29) is 13.2 Å². The maximum atomic E-state index is 9.61. The third-order valence-electron chi connectivity index (χ3n) is 3.58. The van der Waals surface area contributed by atoms with Gasteiger partial charge < -0.3 is 10.2 Å². The van der Waals surface area contributed by atoms with Crippen molar-refractivity contribution in [1.29, 1.82) is 0 Å². The number of aliphatic hydroxyl groups is 2. The lowest BCUT2D eigenvalue weighted by Crippen LogP contribution is -2.33. The van der Waals surface area contributed by atoms with Crippen molar-refractivity contribution in [3.63, 3.8) is 0 Å². The highest BCUT2D eigenvalue weighted by Crippen LogP contribution is 2.28. The van der Waals surface area contributed by atoms with Gasteiger partial charge in [-0.05, 0) is 32.3 Å². The van der Waals surface area contributed by atoms with Crippen molar-refractivity contribution in [2.45, 2.75) is 53.0 Å². The van der Waals surface area contributed by atoms with Crippen LogP contribution in [0.5, 0.6) is 0 Å². The molecule has 0 saturated heterocycles. The van der Waals surface area contributed by atoms with Crippen molar-refractivity contribution in [2.75, 3.05) is 13.2 Å². The molecule has 1 rings (SSSR count). The SMILES string of the molecule is CCCC(CO)(CO)Cc1cc(CC)nn1CC. The maximum absolute atomic E-state index is 9.61. The zero-order valence-electron chi connectivity index (χ0n) is 11.8. The monoisotopic (exact) mass is 254 g/mol. The molecule has 4 nitrogen and oxygen atoms in total. The normalized spacial score (nSPS) is 12.1. The minimum absolute atomic E-state index is 0.0215. The van der Waals surface area contributed by atoms with Gasteiger partial charge in [-0.25, -0.2) is 0 Å². The highest BCUT2D eigenvalue weighted by atomic mass is 16.3. The molecule has 2 N–H and O–H groups in total. The fourth-order valence-electron chi connectivity index (χ4n) is 2.43. The third-order valence-corrected chi connectivity index (χ3v) is 3.58. The number of rotatable bonds is 8. The predicted octanol–water partition coefficient (Wildman–Crippen LogP) is 1.78. The van der Waals surface area contributed by atoms with E-state index >= 15 is 0 Å². The number of nitrogens with zero attached hydrogens (tertiary/aromatic N) is 2. The first-order valence-corrected chi connectivity index (χ1v) is 6.92. The van der Waals surface area contributed by atoms with Gasteiger partial charge in [0.25, 0.3) is 0 Å². The molecule has 0 unspecified atom stereocenters. The van der Waals surface area contributed by atoms with Gasteiger partial charge in [0, 0.05) is 17.7 Å². The van der Waals surface area contributed by atoms with Crippen LogP contribution in [0.3, 0.4) is 0 Å². The summed E-state index contributed by atoms with van der Waals surface area (Å²) in [6, 6.07) is 2.10. The molecule has 4 heteroatoms. The van der Waals surface area contributed by atoms with E-state index in [0.717, 1.165) is 37.2 Å². The van der Waals surface area contributed by atoms with Crippen LogP contribution in [0, 0.1) is 5.41 Å². The fraction of sp³-hybridized carbons (Fsp3) is 0.786. The summed E-state index contributed by atoms with van der Waals surface area (Å²) in [4.78, 5) is 0. The molecular formula is C14H26N2O2. The van der Waals surface area contributed by atoms with Gasteiger partial charge in [0.05, 0.1) is 18.9 Å². The van der Waals surface area contributed by atoms with Gasteiger partial charge >= 0.3 is 0 Å². The predicted molar refractivity (Wildman–Crippen MR) is 72.5 cm³/mol. The Kier molecular flexibility index (Phi) is 5.82. The van der Waals surface area contributed by atoms with Crippen molar-refractivity contribution >= 4 is 0 Å². The molecule has 0 atom stereocenters. The zero-order valence-corrected chi connectivity index (χ0v) is 11.8.